The number of likely N-dealkylation sites (tertiary alicyclic amines) is 1. The van der Waals surface area contributed by atoms with Crippen molar-refractivity contribution in [3.8, 4) is 0 Å². The highest BCUT2D eigenvalue weighted by Gasteiger charge is 2.16. The summed E-state index contributed by atoms with van der Waals surface area (Å²) in [6.45, 7) is 7.75. The summed E-state index contributed by atoms with van der Waals surface area (Å²) in [5.74, 6) is 1.73. The molecule has 0 unspecified atom stereocenters. The van der Waals surface area contributed by atoms with Gasteiger partial charge in [-0.15, -0.1) is 10.2 Å². The molecule has 0 bridgehead atoms. The van der Waals surface area contributed by atoms with Crippen molar-refractivity contribution in [1.29, 1.82) is 0 Å². The summed E-state index contributed by atoms with van der Waals surface area (Å²) >= 11 is 3.10. The summed E-state index contributed by atoms with van der Waals surface area (Å²) in [6, 6.07) is 7.89. The van der Waals surface area contributed by atoms with Crippen LogP contribution in [-0.2, 0) is 6.54 Å². The highest BCUT2D eigenvalue weighted by atomic mass is 32.2. The minimum atomic E-state index is -0.133. The summed E-state index contributed by atoms with van der Waals surface area (Å²) in [5, 5.41) is 11.5. The number of nitrogens with one attached hydrogen (secondary N) is 1. The molecule has 7 heteroatoms. The predicted octanol–water partition coefficient (Wildman–Crippen LogP) is 4.52. The van der Waals surface area contributed by atoms with Crippen LogP contribution in [-0.4, -0.2) is 39.8 Å². The topological polar surface area (TPSA) is 58.1 Å². The van der Waals surface area contributed by atoms with Crippen molar-refractivity contribution in [2.24, 2.45) is 5.92 Å². The Morgan fingerprint density at radius 3 is 2.69 bits per heavy atom. The standard InChI is InChI=1S/C19H26N4OS2/c1-3-12-25-19-22-21-18(26-19)20-17(24)16-6-4-15(5-7-16)13-23-10-8-14(2)9-11-23/h4-7,14H,3,8-13H2,1-2H3,(H,20,21,24). The third-order valence-corrected chi connectivity index (χ3v) is 6.73. The molecule has 1 fully saturated rings. The number of hydrogen-bond donors (Lipinski definition) is 1. The molecule has 2 heterocycles. The van der Waals surface area contributed by atoms with Crippen LogP contribution in [0.5, 0.6) is 0 Å². The Morgan fingerprint density at radius 1 is 1.27 bits per heavy atom. The summed E-state index contributed by atoms with van der Waals surface area (Å²) in [4.78, 5) is 14.9. The fourth-order valence-corrected chi connectivity index (χ4v) is 4.59. The van der Waals surface area contributed by atoms with Crippen molar-refractivity contribution in [2.75, 3.05) is 24.2 Å². The second kappa shape index (κ2) is 9.48. The SMILES string of the molecule is CCCSc1nnc(NC(=O)c2ccc(CN3CCC(C)CC3)cc2)s1. The Hall–Kier alpha value is -1.44. The van der Waals surface area contributed by atoms with E-state index in [1.54, 1.807) is 11.8 Å². The van der Waals surface area contributed by atoms with Gasteiger partial charge in [0.1, 0.15) is 0 Å². The van der Waals surface area contributed by atoms with Gasteiger partial charge < -0.3 is 0 Å². The average molecular weight is 391 g/mol. The van der Waals surface area contributed by atoms with E-state index in [2.05, 4.69) is 46.4 Å². The van der Waals surface area contributed by atoms with E-state index in [4.69, 9.17) is 0 Å². The molecule has 1 aromatic heterocycles. The van der Waals surface area contributed by atoms with E-state index in [0.29, 0.717) is 10.7 Å². The van der Waals surface area contributed by atoms with Crippen LogP contribution in [0.2, 0.25) is 0 Å². The average Bonchev–Trinajstić information content (AvgIpc) is 3.10. The smallest absolute Gasteiger partial charge is 0.257 e. The van der Waals surface area contributed by atoms with Crippen LogP contribution in [0.3, 0.4) is 0 Å². The van der Waals surface area contributed by atoms with E-state index in [-0.39, 0.29) is 5.91 Å². The lowest BCUT2D eigenvalue weighted by Gasteiger charge is -2.30. The number of nitrogens with zero attached hydrogens (tertiary/aromatic N) is 3. The molecule has 3 rings (SSSR count). The fourth-order valence-electron chi connectivity index (χ4n) is 2.92. The maximum Gasteiger partial charge on any atom is 0.257 e. The maximum atomic E-state index is 12.4. The van der Waals surface area contributed by atoms with Crippen LogP contribution in [0.4, 0.5) is 5.13 Å². The third-order valence-electron chi connectivity index (χ3n) is 4.56. The molecule has 26 heavy (non-hydrogen) atoms. The van der Waals surface area contributed by atoms with Crippen molar-refractivity contribution >= 4 is 34.1 Å². The van der Waals surface area contributed by atoms with Gasteiger partial charge in [-0.2, -0.15) is 0 Å². The molecule has 5 nitrogen and oxygen atoms in total. The zero-order chi connectivity index (χ0) is 18.4. The summed E-state index contributed by atoms with van der Waals surface area (Å²) in [7, 11) is 0. The monoisotopic (exact) mass is 390 g/mol. The maximum absolute atomic E-state index is 12.4. The Kier molecular flexibility index (Phi) is 7.05. The van der Waals surface area contributed by atoms with Crippen molar-refractivity contribution in [3.63, 3.8) is 0 Å². The van der Waals surface area contributed by atoms with Gasteiger partial charge in [0, 0.05) is 17.9 Å². The van der Waals surface area contributed by atoms with E-state index in [0.717, 1.165) is 29.0 Å². The Labute approximate surface area is 163 Å². The molecule has 1 aromatic carbocycles. The number of anilines is 1. The molecule has 0 radical (unpaired) electrons. The molecule has 140 valence electrons. The summed E-state index contributed by atoms with van der Waals surface area (Å²) in [5.41, 5.74) is 1.91. The second-order valence-electron chi connectivity index (χ2n) is 6.83. The fraction of sp³-hybridized carbons (Fsp3) is 0.526. The van der Waals surface area contributed by atoms with E-state index >= 15 is 0 Å². The lowest BCUT2D eigenvalue weighted by Crippen LogP contribution is -2.32. The number of carbonyl (C=O) groups excluding carboxylic acids is 1. The van der Waals surface area contributed by atoms with Gasteiger partial charge in [-0.05, 0) is 56.0 Å². The molecule has 1 N–H and O–H groups in total. The van der Waals surface area contributed by atoms with E-state index < -0.39 is 0 Å². The van der Waals surface area contributed by atoms with Gasteiger partial charge in [0.25, 0.3) is 5.91 Å². The zero-order valence-corrected chi connectivity index (χ0v) is 17.0. The minimum absolute atomic E-state index is 0.133. The lowest BCUT2D eigenvalue weighted by molar-refractivity contribution is 0.102. The molecule has 1 aliphatic heterocycles. The van der Waals surface area contributed by atoms with Crippen LogP contribution >= 0.6 is 23.1 Å². The molecule has 1 aliphatic rings. The molecule has 1 amide bonds. The number of piperidine rings is 1. The minimum Gasteiger partial charge on any atom is -0.299 e. The van der Waals surface area contributed by atoms with Crippen LogP contribution in [0, 0.1) is 5.92 Å². The van der Waals surface area contributed by atoms with Gasteiger partial charge >= 0.3 is 0 Å². The molecule has 0 atom stereocenters. The van der Waals surface area contributed by atoms with Crippen molar-refractivity contribution in [2.45, 2.75) is 44.0 Å². The van der Waals surface area contributed by atoms with Gasteiger partial charge in [-0.3, -0.25) is 15.0 Å². The number of amides is 1. The highest BCUT2D eigenvalue weighted by molar-refractivity contribution is 8.01. The van der Waals surface area contributed by atoms with Gasteiger partial charge in [0.05, 0.1) is 0 Å². The van der Waals surface area contributed by atoms with Crippen LogP contribution in [0.15, 0.2) is 28.6 Å². The lowest BCUT2D eigenvalue weighted by atomic mass is 9.99. The number of aromatic nitrogens is 2. The quantitative estimate of drug-likeness (QED) is 0.556. The van der Waals surface area contributed by atoms with E-state index in [1.165, 1.54) is 42.8 Å². The first-order valence-electron chi connectivity index (χ1n) is 9.23. The van der Waals surface area contributed by atoms with E-state index in [9.17, 15) is 4.79 Å². The van der Waals surface area contributed by atoms with Gasteiger partial charge in [0.15, 0.2) is 4.34 Å². The van der Waals surface area contributed by atoms with Crippen molar-refractivity contribution in [1.82, 2.24) is 15.1 Å². The summed E-state index contributed by atoms with van der Waals surface area (Å²) in [6.07, 6.45) is 3.65. The normalized spacial score (nSPS) is 15.9. The van der Waals surface area contributed by atoms with Crippen LogP contribution in [0.25, 0.3) is 0 Å². The largest absolute Gasteiger partial charge is 0.299 e. The Bertz CT molecular complexity index is 709. The van der Waals surface area contributed by atoms with Crippen LogP contribution in [0.1, 0.15) is 49.0 Å². The molecule has 2 aromatic rings. The second-order valence-corrected chi connectivity index (χ2v) is 9.15. The number of hydrogen-bond acceptors (Lipinski definition) is 6. The third kappa shape index (κ3) is 5.53. The molecule has 0 spiro atoms. The van der Waals surface area contributed by atoms with Gasteiger partial charge in [-0.1, -0.05) is 49.1 Å². The molecule has 0 saturated carbocycles. The zero-order valence-electron chi connectivity index (χ0n) is 15.4. The highest BCUT2D eigenvalue weighted by Crippen LogP contribution is 2.26. The first kappa shape index (κ1) is 19.3. The molecular weight excluding hydrogens is 364 g/mol. The predicted molar refractivity (Wildman–Crippen MR) is 109 cm³/mol. The first-order valence-corrected chi connectivity index (χ1v) is 11.0. The Morgan fingerprint density at radius 2 is 2.00 bits per heavy atom. The first-order chi connectivity index (χ1) is 12.6. The number of carbonyl (C=O) groups is 1. The number of thioether (sulfide) groups is 1. The molecule has 1 saturated heterocycles. The number of rotatable bonds is 7. The Balaban J connectivity index is 1.52. The van der Waals surface area contributed by atoms with Gasteiger partial charge in [-0.25, -0.2) is 0 Å². The molecular formula is C19H26N4OS2. The van der Waals surface area contributed by atoms with Crippen molar-refractivity contribution in [3.05, 3.63) is 35.4 Å². The summed E-state index contributed by atoms with van der Waals surface area (Å²) < 4.78 is 0.897. The van der Waals surface area contributed by atoms with E-state index in [1.807, 2.05) is 12.1 Å². The molecule has 0 aliphatic carbocycles. The van der Waals surface area contributed by atoms with Crippen LogP contribution < -0.4 is 5.32 Å². The van der Waals surface area contributed by atoms with Crippen molar-refractivity contribution < 1.29 is 4.79 Å². The number of benzene rings is 1. The van der Waals surface area contributed by atoms with Gasteiger partial charge in [0.2, 0.25) is 5.13 Å².